The van der Waals surface area contributed by atoms with E-state index >= 15 is 0 Å². The third-order valence-corrected chi connectivity index (χ3v) is 4.56. The molecule has 32 heavy (non-hydrogen) atoms. The van der Waals surface area contributed by atoms with Crippen molar-refractivity contribution in [1.29, 1.82) is 0 Å². The van der Waals surface area contributed by atoms with E-state index in [4.69, 9.17) is 9.47 Å². The summed E-state index contributed by atoms with van der Waals surface area (Å²) in [5.41, 5.74) is 1.84. The number of carbonyl (C=O) groups excluding carboxylic acids is 3. The van der Waals surface area contributed by atoms with Crippen LogP contribution in [0.25, 0.3) is 0 Å². The van der Waals surface area contributed by atoms with Gasteiger partial charge in [-0.15, -0.1) is 0 Å². The van der Waals surface area contributed by atoms with E-state index < -0.39 is 5.97 Å². The molecule has 0 spiro atoms. The van der Waals surface area contributed by atoms with Crippen molar-refractivity contribution < 1.29 is 23.9 Å². The van der Waals surface area contributed by atoms with Gasteiger partial charge in [0.25, 0.3) is 0 Å². The first kappa shape index (κ1) is 22.7. The molecule has 3 rings (SSSR count). The van der Waals surface area contributed by atoms with E-state index in [2.05, 4.69) is 10.4 Å². The lowest BCUT2D eigenvalue weighted by atomic mass is 10.1. The van der Waals surface area contributed by atoms with Gasteiger partial charge in [0.15, 0.2) is 0 Å². The Morgan fingerprint density at radius 3 is 2.16 bits per heavy atom. The van der Waals surface area contributed by atoms with E-state index in [1.165, 1.54) is 10.9 Å². The highest BCUT2D eigenvalue weighted by Gasteiger charge is 2.21. The Balaban J connectivity index is 1.64. The van der Waals surface area contributed by atoms with Crippen LogP contribution in [0.2, 0.25) is 0 Å². The number of nitrogens with one attached hydrogen (secondary N) is 1. The second kappa shape index (κ2) is 11.5. The number of rotatable bonds is 10. The first-order chi connectivity index (χ1) is 15.6. The van der Waals surface area contributed by atoms with Crippen molar-refractivity contribution in [2.24, 2.45) is 0 Å². The molecule has 166 valence electrons. The topological polar surface area (TPSA) is 99.5 Å². The highest BCUT2D eigenvalue weighted by atomic mass is 16.5. The van der Waals surface area contributed by atoms with Crippen LogP contribution in [0.15, 0.2) is 66.9 Å². The number of amides is 1. The van der Waals surface area contributed by atoms with E-state index in [0.29, 0.717) is 0 Å². The Morgan fingerprint density at radius 1 is 0.906 bits per heavy atom. The van der Waals surface area contributed by atoms with Crippen molar-refractivity contribution in [3.8, 4) is 0 Å². The van der Waals surface area contributed by atoms with Gasteiger partial charge in [0, 0.05) is 0 Å². The predicted molar refractivity (Wildman–Crippen MR) is 118 cm³/mol. The van der Waals surface area contributed by atoms with Gasteiger partial charge in [0.2, 0.25) is 5.91 Å². The highest BCUT2D eigenvalue weighted by Crippen LogP contribution is 2.17. The van der Waals surface area contributed by atoms with E-state index in [1.807, 2.05) is 60.7 Å². The summed E-state index contributed by atoms with van der Waals surface area (Å²) in [4.78, 5) is 36.9. The molecule has 0 atom stereocenters. The average molecular weight is 435 g/mol. The van der Waals surface area contributed by atoms with Gasteiger partial charge in [-0.1, -0.05) is 60.7 Å². The van der Waals surface area contributed by atoms with Crippen molar-refractivity contribution in [2.75, 3.05) is 18.5 Å². The van der Waals surface area contributed by atoms with Crippen molar-refractivity contribution >= 4 is 23.7 Å². The molecule has 0 aliphatic rings. The van der Waals surface area contributed by atoms with Gasteiger partial charge in [0.05, 0.1) is 32.2 Å². The summed E-state index contributed by atoms with van der Waals surface area (Å²) in [6.45, 7) is 2.10. The van der Waals surface area contributed by atoms with Crippen molar-refractivity contribution in [3.05, 3.63) is 83.6 Å². The number of aromatic nitrogens is 2. The van der Waals surface area contributed by atoms with Gasteiger partial charge in [-0.05, 0) is 18.1 Å². The molecular weight excluding hydrogens is 410 g/mol. The second-order valence-electron chi connectivity index (χ2n) is 6.94. The lowest BCUT2D eigenvalue weighted by molar-refractivity contribution is -0.143. The molecule has 2 aromatic carbocycles. The monoisotopic (exact) mass is 435 g/mol. The summed E-state index contributed by atoms with van der Waals surface area (Å²) >= 11 is 0. The van der Waals surface area contributed by atoms with Crippen molar-refractivity contribution in [1.82, 2.24) is 9.78 Å². The highest BCUT2D eigenvalue weighted by molar-refractivity contribution is 6.00. The molecule has 1 amide bonds. The second-order valence-corrected chi connectivity index (χ2v) is 6.94. The van der Waals surface area contributed by atoms with Gasteiger partial charge in [0.1, 0.15) is 18.0 Å². The Morgan fingerprint density at radius 2 is 1.53 bits per heavy atom. The van der Waals surface area contributed by atoms with Crippen LogP contribution in [0.1, 0.15) is 28.4 Å². The van der Waals surface area contributed by atoms with Crippen LogP contribution in [0.5, 0.6) is 0 Å². The fraction of sp³-hybridized carbons (Fsp3) is 0.250. The van der Waals surface area contributed by atoms with Crippen LogP contribution < -0.4 is 5.32 Å². The average Bonchev–Trinajstić information content (AvgIpc) is 3.17. The van der Waals surface area contributed by atoms with Gasteiger partial charge in [-0.2, -0.15) is 5.10 Å². The molecule has 3 aromatic rings. The summed E-state index contributed by atoms with van der Waals surface area (Å²) in [6.07, 6.45) is 1.64. The van der Waals surface area contributed by atoms with Crippen LogP contribution in [0.4, 0.5) is 5.82 Å². The smallest absolute Gasteiger partial charge is 0.343 e. The third kappa shape index (κ3) is 6.53. The molecule has 0 fully saturated rings. The Hall–Kier alpha value is -3.94. The Labute approximate surface area is 186 Å². The van der Waals surface area contributed by atoms with Gasteiger partial charge in [-0.3, -0.25) is 9.59 Å². The molecule has 1 N–H and O–H groups in total. The number of carbonyl (C=O) groups is 3. The summed E-state index contributed by atoms with van der Waals surface area (Å²) < 4.78 is 11.8. The summed E-state index contributed by atoms with van der Waals surface area (Å²) in [5, 5.41) is 6.92. The zero-order valence-corrected chi connectivity index (χ0v) is 17.8. The minimum absolute atomic E-state index is 0.0389. The number of ether oxygens (including phenoxy) is 2. The molecular formula is C24H25N3O5. The first-order valence-corrected chi connectivity index (χ1v) is 10.3. The van der Waals surface area contributed by atoms with E-state index in [0.717, 1.165) is 11.1 Å². The molecule has 0 saturated heterocycles. The lowest BCUT2D eigenvalue weighted by Crippen LogP contribution is -2.21. The molecule has 1 aromatic heterocycles. The van der Waals surface area contributed by atoms with Crippen LogP contribution >= 0.6 is 0 Å². The molecule has 0 radical (unpaired) electrons. The predicted octanol–water partition coefficient (Wildman–Crippen LogP) is 3.03. The molecule has 0 unspecified atom stereocenters. The summed E-state index contributed by atoms with van der Waals surface area (Å²) in [7, 11) is 0. The zero-order valence-electron chi connectivity index (χ0n) is 17.8. The molecule has 0 saturated carbocycles. The normalized spacial score (nSPS) is 10.4. The van der Waals surface area contributed by atoms with Crippen molar-refractivity contribution in [2.45, 2.75) is 26.3 Å². The molecule has 8 heteroatoms. The summed E-state index contributed by atoms with van der Waals surface area (Å²) in [5.74, 6) is -1.05. The number of hydrogen-bond acceptors (Lipinski definition) is 6. The third-order valence-electron chi connectivity index (χ3n) is 4.56. The van der Waals surface area contributed by atoms with Crippen LogP contribution in [-0.4, -0.2) is 40.8 Å². The molecule has 0 aliphatic carbocycles. The SMILES string of the molecule is CCOC(=O)c1cnn(CCOC(=O)Cc2ccccc2)c1NC(=O)Cc1ccccc1. The van der Waals surface area contributed by atoms with Crippen LogP contribution in [0, 0.1) is 0 Å². The Bertz CT molecular complexity index is 1050. The molecule has 1 heterocycles. The zero-order chi connectivity index (χ0) is 22.8. The van der Waals surface area contributed by atoms with Gasteiger partial charge < -0.3 is 14.8 Å². The van der Waals surface area contributed by atoms with E-state index in [9.17, 15) is 14.4 Å². The fourth-order valence-electron chi connectivity index (χ4n) is 3.06. The fourth-order valence-corrected chi connectivity index (χ4v) is 3.06. The van der Waals surface area contributed by atoms with Gasteiger partial charge >= 0.3 is 11.9 Å². The molecule has 0 aliphatic heterocycles. The lowest BCUT2D eigenvalue weighted by Gasteiger charge is -2.12. The molecule has 8 nitrogen and oxygen atoms in total. The number of nitrogens with zero attached hydrogens (tertiary/aromatic N) is 2. The van der Waals surface area contributed by atoms with E-state index in [-0.39, 0.29) is 55.9 Å². The number of anilines is 1. The largest absolute Gasteiger partial charge is 0.463 e. The van der Waals surface area contributed by atoms with Crippen LogP contribution in [0.3, 0.4) is 0 Å². The molecule has 0 bridgehead atoms. The number of esters is 2. The maximum atomic E-state index is 12.6. The van der Waals surface area contributed by atoms with E-state index in [1.54, 1.807) is 6.92 Å². The minimum Gasteiger partial charge on any atom is -0.463 e. The maximum absolute atomic E-state index is 12.6. The van der Waals surface area contributed by atoms with Crippen LogP contribution in [-0.2, 0) is 38.4 Å². The summed E-state index contributed by atoms with van der Waals surface area (Å²) in [6, 6.07) is 18.5. The maximum Gasteiger partial charge on any atom is 0.343 e. The van der Waals surface area contributed by atoms with Crippen molar-refractivity contribution in [3.63, 3.8) is 0 Å². The standard InChI is InChI=1S/C24H25N3O5/c1-2-31-24(30)20-17-25-27(13-14-32-22(29)16-19-11-7-4-8-12-19)23(20)26-21(28)15-18-9-5-3-6-10-18/h3-12,17H,2,13-16H2,1H3,(H,26,28). The number of hydrogen-bond donors (Lipinski definition) is 1. The quantitative estimate of drug-likeness (QED) is 0.492. The minimum atomic E-state index is -0.588. The first-order valence-electron chi connectivity index (χ1n) is 10.3. The Kier molecular flexibility index (Phi) is 8.14. The van der Waals surface area contributed by atoms with Gasteiger partial charge in [-0.25, -0.2) is 9.48 Å². The number of benzene rings is 2.